The van der Waals surface area contributed by atoms with Crippen molar-refractivity contribution in [1.29, 1.82) is 0 Å². The molecule has 1 aliphatic carbocycles. The van der Waals surface area contributed by atoms with Crippen LogP contribution in [0.1, 0.15) is 25.0 Å². The monoisotopic (exact) mass is 576 g/mol. The van der Waals surface area contributed by atoms with E-state index in [0.717, 1.165) is 33.6 Å². The van der Waals surface area contributed by atoms with Crippen LogP contribution in [0, 0.1) is 0 Å². The molecule has 1 heterocycles. The zero-order chi connectivity index (χ0) is 30.4. The van der Waals surface area contributed by atoms with E-state index < -0.39 is 0 Å². The summed E-state index contributed by atoms with van der Waals surface area (Å²) in [5, 5.41) is 0. The molecule has 1 aromatic heterocycles. The normalized spacial score (nSPS) is 12.8. The minimum absolute atomic E-state index is 0.0270. The minimum atomic E-state index is -0.0270. The maximum Gasteiger partial charge on any atom is 0.160 e. The van der Waals surface area contributed by atoms with Gasteiger partial charge in [0.05, 0.1) is 11.4 Å². The Morgan fingerprint density at radius 2 is 0.844 bits per heavy atom. The fourth-order valence-corrected chi connectivity index (χ4v) is 6.79. The molecule has 2 nitrogen and oxygen atoms in total. The quantitative estimate of drug-likeness (QED) is 0.204. The van der Waals surface area contributed by atoms with Crippen LogP contribution in [-0.4, -0.2) is 9.97 Å². The second kappa shape index (κ2) is 10.8. The Morgan fingerprint density at radius 3 is 1.51 bits per heavy atom. The molecule has 0 saturated carbocycles. The van der Waals surface area contributed by atoms with Gasteiger partial charge in [0.1, 0.15) is 0 Å². The van der Waals surface area contributed by atoms with Crippen molar-refractivity contribution in [2.45, 2.75) is 19.3 Å². The topological polar surface area (TPSA) is 25.8 Å². The Morgan fingerprint density at radius 1 is 0.378 bits per heavy atom. The zero-order valence-electron chi connectivity index (χ0n) is 25.4. The highest BCUT2D eigenvalue weighted by Crippen LogP contribution is 2.52. The van der Waals surface area contributed by atoms with Gasteiger partial charge in [-0.15, -0.1) is 0 Å². The van der Waals surface area contributed by atoms with E-state index in [9.17, 15) is 0 Å². The molecule has 0 atom stereocenters. The predicted molar refractivity (Wildman–Crippen MR) is 187 cm³/mol. The van der Waals surface area contributed by atoms with Gasteiger partial charge in [0.25, 0.3) is 0 Å². The summed E-state index contributed by atoms with van der Waals surface area (Å²) in [5.74, 6) is 0.716. The summed E-state index contributed by atoms with van der Waals surface area (Å²) in [5.41, 5.74) is 15.2. The van der Waals surface area contributed by atoms with Crippen LogP contribution in [0.4, 0.5) is 0 Å². The Balaban J connectivity index is 1.22. The third-order valence-corrected chi connectivity index (χ3v) is 9.10. The summed E-state index contributed by atoms with van der Waals surface area (Å²) >= 11 is 0. The summed E-state index contributed by atoms with van der Waals surface area (Å²) in [4.78, 5) is 10.1. The summed E-state index contributed by atoms with van der Waals surface area (Å²) in [6.45, 7) is 4.67. The Hall–Kier alpha value is -5.60. The van der Waals surface area contributed by atoms with Crippen LogP contribution in [-0.2, 0) is 5.41 Å². The smallest absolute Gasteiger partial charge is 0.160 e. The van der Waals surface area contributed by atoms with Crippen molar-refractivity contribution in [3.63, 3.8) is 0 Å². The maximum absolute atomic E-state index is 5.06. The van der Waals surface area contributed by atoms with E-state index in [2.05, 4.69) is 159 Å². The van der Waals surface area contributed by atoms with Gasteiger partial charge in [-0.25, -0.2) is 9.97 Å². The fourth-order valence-electron chi connectivity index (χ4n) is 6.79. The highest BCUT2D eigenvalue weighted by molar-refractivity contribution is 5.93. The first-order chi connectivity index (χ1) is 22.1. The largest absolute Gasteiger partial charge is 0.228 e. The van der Waals surface area contributed by atoms with Gasteiger partial charge < -0.3 is 0 Å². The van der Waals surface area contributed by atoms with Crippen LogP contribution < -0.4 is 0 Å². The van der Waals surface area contributed by atoms with Crippen molar-refractivity contribution in [3.05, 3.63) is 169 Å². The summed E-state index contributed by atoms with van der Waals surface area (Å²) in [7, 11) is 0. The van der Waals surface area contributed by atoms with Crippen LogP contribution in [0.2, 0.25) is 0 Å². The molecule has 8 rings (SSSR count). The maximum atomic E-state index is 5.06. The number of rotatable bonds is 5. The number of hydrogen-bond acceptors (Lipinski definition) is 2. The van der Waals surface area contributed by atoms with E-state index in [1.807, 2.05) is 12.1 Å². The number of fused-ring (bicyclic) bond motifs is 3. The van der Waals surface area contributed by atoms with Crippen LogP contribution in [0.3, 0.4) is 0 Å². The molecular formula is C43H32N2. The van der Waals surface area contributed by atoms with E-state index in [1.165, 1.54) is 38.9 Å². The second-order valence-corrected chi connectivity index (χ2v) is 12.3. The molecule has 0 radical (unpaired) electrons. The Bertz CT molecular complexity index is 2120. The standard InChI is InChI=1S/C43H32N2/c1-43(2)37-24-10-9-22-36(37)41-35(23-13-25-38(41)43)33-20-11-18-31(26-33)32-19-12-21-34(27-32)42-44-39(29-14-5-3-6-15-29)28-40(45-42)30-16-7-4-8-17-30/h3-28H,1-2H3. The highest BCUT2D eigenvalue weighted by Gasteiger charge is 2.36. The van der Waals surface area contributed by atoms with E-state index in [1.54, 1.807) is 0 Å². The molecule has 1 aliphatic rings. The molecular weight excluding hydrogens is 544 g/mol. The molecule has 6 aromatic carbocycles. The van der Waals surface area contributed by atoms with Crippen molar-refractivity contribution in [3.8, 4) is 67.3 Å². The molecule has 214 valence electrons. The number of nitrogens with zero attached hydrogens (tertiary/aromatic N) is 2. The van der Waals surface area contributed by atoms with Crippen LogP contribution in [0.25, 0.3) is 67.3 Å². The van der Waals surface area contributed by atoms with Crippen molar-refractivity contribution in [1.82, 2.24) is 9.97 Å². The van der Waals surface area contributed by atoms with Crippen molar-refractivity contribution in [2.24, 2.45) is 0 Å². The molecule has 45 heavy (non-hydrogen) atoms. The molecule has 0 amide bonds. The molecule has 0 fully saturated rings. The Labute approximate surface area is 264 Å². The highest BCUT2D eigenvalue weighted by atomic mass is 14.9. The SMILES string of the molecule is CC1(C)c2ccccc2-c2c(-c3cccc(-c4cccc(-c5nc(-c6ccccc6)cc(-c6ccccc6)n5)c4)c3)cccc21. The fraction of sp³-hybridized carbons (Fsp3) is 0.0698. The predicted octanol–water partition coefficient (Wildman–Crippen LogP) is 11.1. The first-order valence-corrected chi connectivity index (χ1v) is 15.5. The van der Waals surface area contributed by atoms with Gasteiger partial charge in [0.2, 0.25) is 0 Å². The molecule has 0 bridgehead atoms. The lowest BCUT2D eigenvalue weighted by Crippen LogP contribution is -2.14. The van der Waals surface area contributed by atoms with Crippen LogP contribution >= 0.6 is 0 Å². The van der Waals surface area contributed by atoms with Crippen molar-refractivity contribution < 1.29 is 0 Å². The van der Waals surface area contributed by atoms with Gasteiger partial charge in [-0.05, 0) is 62.7 Å². The number of benzene rings is 6. The first-order valence-electron chi connectivity index (χ1n) is 15.5. The summed E-state index contributed by atoms with van der Waals surface area (Å²) < 4.78 is 0. The van der Waals surface area contributed by atoms with E-state index >= 15 is 0 Å². The molecule has 2 heteroatoms. The van der Waals surface area contributed by atoms with Gasteiger partial charge in [-0.3, -0.25) is 0 Å². The van der Waals surface area contributed by atoms with Gasteiger partial charge in [0.15, 0.2) is 5.82 Å². The van der Waals surface area contributed by atoms with Crippen molar-refractivity contribution >= 4 is 0 Å². The van der Waals surface area contributed by atoms with E-state index in [0.29, 0.717) is 5.82 Å². The van der Waals surface area contributed by atoms with Gasteiger partial charge >= 0.3 is 0 Å². The molecule has 7 aromatic rings. The molecule has 0 unspecified atom stereocenters. The summed E-state index contributed by atoms with van der Waals surface area (Å²) in [6, 6.07) is 55.9. The van der Waals surface area contributed by atoms with Gasteiger partial charge in [-0.2, -0.15) is 0 Å². The molecule has 0 saturated heterocycles. The molecule has 0 spiro atoms. The zero-order valence-corrected chi connectivity index (χ0v) is 25.4. The van der Waals surface area contributed by atoms with Crippen LogP contribution in [0.15, 0.2) is 158 Å². The number of hydrogen-bond donors (Lipinski definition) is 0. The average molecular weight is 577 g/mol. The first kappa shape index (κ1) is 27.0. The van der Waals surface area contributed by atoms with Crippen LogP contribution in [0.5, 0.6) is 0 Å². The second-order valence-electron chi connectivity index (χ2n) is 12.3. The van der Waals surface area contributed by atoms with E-state index in [4.69, 9.17) is 9.97 Å². The van der Waals surface area contributed by atoms with Crippen molar-refractivity contribution in [2.75, 3.05) is 0 Å². The minimum Gasteiger partial charge on any atom is -0.228 e. The Kier molecular flexibility index (Phi) is 6.50. The average Bonchev–Trinajstić information content (AvgIpc) is 3.35. The molecule has 0 N–H and O–H groups in total. The molecule has 0 aliphatic heterocycles. The summed E-state index contributed by atoms with van der Waals surface area (Å²) in [6.07, 6.45) is 0. The van der Waals surface area contributed by atoms with E-state index in [-0.39, 0.29) is 5.41 Å². The lowest BCUT2D eigenvalue weighted by molar-refractivity contribution is 0.660. The third-order valence-electron chi connectivity index (χ3n) is 9.10. The van der Waals surface area contributed by atoms with Gasteiger partial charge in [0, 0.05) is 22.1 Å². The van der Waals surface area contributed by atoms with Gasteiger partial charge in [-0.1, -0.05) is 153 Å². The number of aromatic nitrogens is 2. The lowest BCUT2D eigenvalue weighted by Gasteiger charge is -2.21. The lowest BCUT2D eigenvalue weighted by atomic mass is 9.82. The third kappa shape index (κ3) is 4.76.